The Balaban J connectivity index is 0.000000237. The Labute approximate surface area is 312 Å². The summed E-state index contributed by atoms with van der Waals surface area (Å²) < 4.78 is 113. The summed E-state index contributed by atoms with van der Waals surface area (Å²) in [5.41, 5.74) is -3.58. The van der Waals surface area contributed by atoms with Gasteiger partial charge < -0.3 is 28.4 Å². The topological polar surface area (TPSA) is 55.4 Å². The van der Waals surface area contributed by atoms with Gasteiger partial charge in [0.2, 0.25) is 5.41 Å². The van der Waals surface area contributed by atoms with Gasteiger partial charge in [-0.15, -0.1) is 0 Å². The Morgan fingerprint density at radius 1 is 0.296 bits per heavy atom. The highest BCUT2D eigenvalue weighted by Crippen LogP contribution is 2.56. The van der Waals surface area contributed by atoms with Crippen LogP contribution in [0, 0.1) is 0 Å². The molecule has 0 saturated heterocycles. The molecule has 0 radical (unpaired) electrons. The van der Waals surface area contributed by atoms with Crippen LogP contribution in [-0.4, -0.2) is 55.0 Å². The fraction of sp³-hybridized carbons (Fsp3) is 0.286. The minimum atomic E-state index is -5.62. The molecule has 5 rings (SSSR count). The summed E-state index contributed by atoms with van der Waals surface area (Å²) in [5, 5.41) is 0. The quantitative estimate of drug-likeness (QED) is 0.132. The summed E-state index contributed by atoms with van der Waals surface area (Å²) in [5.74, 6) is 3.76. The van der Waals surface area contributed by atoms with E-state index < -0.39 is 28.9 Å². The van der Waals surface area contributed by atoms with Crippen LogP contribution in [0.4, 0.5) is 26.3 Å². The third kappa shape index (κ3) is 9.91. The number of hydrogen-bond acceptors (Lipinski definition) is 6. The van der Waals surface area contributed by atoms with Crippen LogP contribution in [0.3, 0.4) is 0 Å². The Hall–Kier alpha value is -5.52. The summed E-state index contributed by atoms with van der Waals surface area (Å²) in [6, 6.07) is 31.2. The van der Waals surface area contributed by atoms with E-state index in [1.165, 1.54) is 25.3 Å². The molecule has 0 heterocycles. The zero-order valence-corrected chi connectivity index (χ0v) is 31.3. The first-order valence-corrected chi connectivity index (χ1v) is 16.4. The van der Waals surface area contributed by atoms with Crippen molar-refractivity contribution in [2.75, 3.05) is 42.7 Å². The molecule has 0 aliphatic rings. The first-order chi connectivity index (χ1) is 25.5. The molecule has 54 heavy (non-hydrogen) atoms. The lowest BCUT2D eigenvalue weighted by molar-refractivity contribution is -0.288. The van der Waals surface area contributed by atoms with Gasteiger partial charge in [0.05, 0.1) is 42.7 Å². The molecule has 12 heteroatoms. The molecule has 0 atom stereocenters. The fourth-order valence-corrected chi connectivity index (χ4v) is 5.56. The number of methoxy groups -OCH3 is 6. The van der Waals surface area contributed by atoms with Gasteiger partial charge in [0.25, 0.3) is 0 Å². The smallest absolute Gasteiger partial charge is 0.411 e. The van der Waals surface area contributed by atoms with Crippen molar-refractivity contribution in [3.05, 3.63) is 144 Å². The van der Waals surface area contributed by atoms with Crippen molar-refractivity contribution in [1.29, 1.82) is 0 Å². The molecule has 290 valence electrons. The highest BCUT2D eigenvalue weighted by Gasteiger charge is 2.72. The normalized spacial score (nSPS) is 11.5. The molecule has 5 aromatic rings. The second-order valence-electron chi connectivity index (χ2n) is 12.2. The molecule has 0 aliphatic heterocycles. The summed E-state index contributed by atoms with van der Waals surface area (Å²) in [7, 11) is 9.18. The van der Waals surface area contributed by atoms with E-state index in [2.05, 4.69) is 38.1 Å². The average Bonchev–Trinajstić information content (AvgIpc) is 3.18. The summed E-state index contributed by atoms with van der Waals surface area (Å²) in [6.07, 6.45) is -11.2. The Morgan fingerprint density at radius 2 is 0.463 bits per heavy atom. The molecule has 0 spiro atoms. The molecule has 0 N–H and O–H groups in total. The van der Waals surface area contributed by atoms with E-state index in [1.807, 2.05) is 48.5 Å². The van der Waals surface area contributed by atoms with Crippen LogP contribution in [0.5, 0.6) is 34.5 Å². The van der Waals surface area contributed by atoms with Crippen LogP contribution in [0.15, 0.2) is 121 Å². The van der Waals surface area contributed by atoms with E-state index in [9.17, 15) is 26.3 Å². The van der Waals surface area contributed by atoms with Crippen LogP contribution in [0.2, 0.25) is 0 Å². The number of ether oxygens (including phenoxy) is 6. The van der Waals surface area contributed by atoms with Crippen molar-refractivity contribution < 1.29 is 54.8 Å². The summed E-state index contributed by atoms with van der Waals surface area (Å²) in [4.78, 5) is 0. The predicted octanol–water partition coefficient (Wildman–Crippen LogP) is 10.8. The van der Waals surface area contributed by atoms with Crippen molar-refractivity contribution in [3.63, 3.8) is 0 Å². The molecular weight excluding hydrogens is 714 g/mol. The predicted molar refractivity (Wildman–Crippen MR) is 197 cm³/mol. The number of alkyl halides is 6. The molecule has 0 aliphatic carbocycles. The molecule has 0 amide bonds. The van der Waals surface area contributed by atoms with Gasteiger partial charge in [0.1, 0.15) is 34.5 Å². The SMILES string of the molecule is COc1ccc(C(C)(C)c2ccc(OC)cc2)cc1.COc1ccc(C(c2ccc(OC)cc2)(C(F)(F)F)C(F)(F)F)cc1.COc1ccc(OC)cc1. The van der Waals surface area contributed by atoms with E-state index in [4.69, 9.17) is 28.4 Å². The van der Waals surface area contributed by atoms with Crippen molar-refractivity contribution in [1.82, 2.24) is 0 Å². The minimum absolute atomic E-state index is 0.0431. The number of hydrogen-bond donors (Lipinski definition) is 0. The first kappa shape index (κ1) is 42.9. The second kappa shape index (κ2) is 18.5. The van der Waals surface area contributed by atoms with E-state index in [0.29, 0.717) is 0 Å². The molecule has 0 aromatic heterocycles. The van der Waals surface area contributed by atoms with Crippen LogP contribution >= 0.6 is 0 Å². The summed E-state index contributed by atoms with van der Waals surface area (Å²) >= 11 is 0. The standard InChI is InChI=1S/C17H14F6O2.C17H20O2.C8H10O2/c1-24-13-7-3-11(4-8-13)15(16(18,19)20,17(21,22)23)12-5-9-14(25-2)10-6-12;1-17(2,13-5-9-15(18-3)10-6-13)14-7-11-16(19-4)12-8-14;1-9-7-3-5-8(10-2)6-4-7/h3-10H,1-2H3;5-12H,1-4H3;3-6H,1-2H3. The Kier molecular flexibility index (Phi) is 14.7. The maximum Gasteiger partial charge on any atom is 0.411 e. The average molecular weight is 759 g/mol. The lowest BCUT2D eigenvalue weighted by Gasteiger charge is -2.38. The van der Waals surface area contributed by atoms with Gasteiger partial charge in [0.15, 0.2) is 0 Å². The van der Waals surface area contributed by atoms with Crippen LogP contribution in [0.1, 0.15) is 36.1 Å². The third-order valence-corrected chi connectivity index (χ3v) is 8.82. The molecular formula is C42H44F6O6. The highest BCUT2D eigenvalue weighted by atomic mass is 19.4. The van der Waals surface area contributed by atoms with E-state index in [0.717, 1.165) is 71.5 Å². The number of benzene rings is 5. The van der Waals surface area contributed by atoms with Crippen molar-refractivity contribution >= 4 is 0 Å². The molecule has 0 fully saturated rings. The molecule has 5 aromatic carbocycles. The summed E-state index contributed by atoms with van der Waals surface area (Å²) in [6.45, 7) is 4.44. The molecule has 0 unspecified atom stereocenters. The van der Waals surface area contributed by atoms with Gasteiger partial charge in [0, 0.05) is 5.41 Å². The van der Waals surface area contributed by atoms with Crippen molar-refractivity contribution in [2.45, 2.75) is 37.0 Å². The Bertz CT molecular complexity index is 1700. The van der Waals surface area contributed by atoms with E-state index in [-0.39, 0.29) is 16.9 Å². The van der Waals surface area contributed by atoms with Gasteiger partial charge in [-0.05, 0) is 95.1 Å². The first-order valence-electron chi connectivity index (χ1n) is 16.4. The van der Waals surface area contributed by atoms with Gasteiger partial charge in [-0.3, -0.25) is 0 Å². The highest BCUT2D eigenvalue weighted by molar-refractivity contribution is 5.47. The van der Waals surface area contributed by atoms with Crippen LogP contribution in [0.25, 0.3) is 0 Å². The minimum Gasteiger partial charge on any atom is -0.497 e. The monoisotopic (exact) mass is 758 g/mol. The van der Waals surface area contributed by atoms with Gasteiger partial charge >= 0.3 is 12.4 Å². The zero-order chi connectivity index (χ0) is 40.2. The van der Waals surface area contributed by atoms with E-state index in [1.54, 1.807) is 28.4 Å². The lowest BCUT2D eigenvalue weighted by atomic mass is 9.73. The second-order valence-corrected chi connectivity index (χ2v) is 12.2. The van der Waals surface area contributed by atoms with Crippen LogP contribution in [-0.2, 0) is 10.8 Å². The fourth-order valence-electron chi connectivity index (χ4n) is 5.56. The molecule has 0 saturated carbocycles. The largest absolute Gasteiger partial charge is 0.497 e. The van der Waals surface area contributed by atoms with Crippen molar-refractivity contribution in [2.24, 2.45) is 0 Å². The Morgan fingerprint density at radius 3 is 0.630 bits per heavy atom. The molecule has 6 nitrogen and oxygen atoms in total. The molecule has 0 bridgehead atoms. The number of halogens is 6. The maximum atomic E-state index is 13.8. The zero-order valence-electron chi connectivity index (χ0n) is 31.3. The third-order valence-electron chi connectivity index (χ3n) is 8.82. The van der Waals surface area contributed by atoms with Crippen molar-refractivity contribution in [3.8, 4) is 34.5 Å². The maximum absolute atomic E-state index is 13.8. The lowest BCUT2D eigenvalue weighted by Crippen LogP contribution is -2.54. The van der Waals surface area contributed by atoms with Crippen LogP contribution < -0.4 is 28.4 Å². The van der Waals surface area contributed by atoms with E-state index >= 15 is 0 Å². The van der Waals surface area contributed by atoms with Gasteiger partial charge in [-0.25, -0.2) is 0 Å². The van der Waals surface area contributed by atoms with Gasteiger partial charge in [-0.2, -0.15) is 26.3 Å². The van der Waals surface area contributed by atoms with Gasteiger partial charge in [-0.1, -0.05) is 62.4 Å². The number of rotatable bonds is 10.